The Labute approximate surface area is 146 Å². The number of nitrogens with zero attached hydrogens (tertiary/aromatic N) is 1. The molecule has 1 N–H and O–H groups in total. The second-order valence-electron chi connectivity index (χ2n) is 6.10. The van der Waals surface area contributed by atoms with Gasteiger partial charge in [0.25, 0.3) is 0 Å². The average Bonchev–Trinajstić information content (AvgIpc) is 2.50. The lowest BCUT2D eigenvalue weighted by atomic mass is 9.77. The number of carbonyl (C=O) groups is 1. The number of urea groups is 1. The third-order valence-electron chi connectivity index (χ3n) is 4.35. The van der Waals surface area contributed by atoms with Gasteiger partial charge in [-0.1, -0.05) is 23.2 Å². The molecule has 1 aliphatic carbocycles. The topological polar surface area (TPSA) is 32.3 Å². The molecule has 0 aliphatic heterocycles. The van der Waals surface area contributed by atoms with E-state index < -0.39 is 0 Å². The van der Waals surface area contributed by atoms with Crippen molar-refractivity contribution in [3.63, 3.8) is 0 Å². The second kappa shape index (κ2) is 6.42. The van der Waals surface area contributed by atoms with Crippen LogP contribution < -0.4 is 10.2 Å². The van der Waals surface area contributed by atoms with Gasteiger partial charge in [-0.3, -0.25) is 4.90 Å². The fourth-order valence-corrected chi connectivity index (χ4v) is 3.14. The average molecular weight is 349 g/mol. The smallest absolute Gasteiger partial charge is 0.308 e. The molecule has 0 heterocycles. The molecule has 0 unspecified atom stereocenters. The molecule has 0 spiro atoms. The van der Waals surface area contributed by atoms with Gasteiger partial charge < -0.3 is 5.32 Å². The van der Waals surface area contributed by atoms with Crippen molar-refractivity contribution in [3.05, 3.63) is 58.6 Å². The summed E-state index contributed by atoms with van der Waals surface area (Å²) in [4.78, 5) is 14.7. The zero-order valence-electron chi connectivity index (χ0n) is 12.9. The van der Waals surface area contributed by atoms with Gasteiger partial charge in [-0.05, 0) is 74.7 Å². The maximum Gasteiger partial charge on any atom is 0.326 e. The largest absolute Gasteiger partial charge is 0.326 e. The van der Waals surface area contributed by atoms with Crippen LogP contribution in [0, 0.1) is 0 Å². The lowest BCUT2D eigenvalue weighted by molar-refractivity contribution is 0.225. The Morgan fingerprint density at radius 2 is 1.52 bits per heavy atom. The molecule has 1 saturated carbocycles. The van der Waals surface area contributed by atoms with Crippen LogP contribution in [0.2, 0.25) is 10.0 Å². The molecule has 2 amide bonds. The fraction of sp³-hybridized carbons (Fsp3) is 0.278. The first kappa shape index (κ1) is 16.2. The van der Waals surface area contributed by atoms with Crippen LogP contribution in [-0.4, -0.2) is 11.6 Å². The fourth-order valence-electron chi connectivity index (χ4n) is 2.89. The predicted molar refractivity (Wildman–Crippen MR) is 96.7 cm³/mol. The SMILES string of the molecule is CC1(N(C(=O)Nc2ccc(Cl)cc2)c2ccc(Cl)cc2)CCC1. The maximum absolute atomic E-state index is 12.9. The Morgan fingerprint density at radius 1 is 1.00 bits per heavy atom. The van der Waals surface area contributed by atoms with E-state index in [0.717, 1.165) is 30.6 Å². The van der Waals surface area contributed by atoms with Gasteiger partial charge in [0.1, 0.15) is 0 Å². The van der Waals surface area contributed by atoms with Crippen molar-refractivity contribution in [1.29, 1.82) is 0 Å². The molecule has 0 atom stereocenters. The van der Waals surface area contributed by atoms with E-state index in [4.69, 9.17) is 23.2 Å². The molecule has 0 saturated heterocycles. The molecule has 23 heavy (non-hydrogen) atoms. The summed E-state index contributed by atoms with van der Waals surface area (Å²) in [6.45, 7) is 2.12. The van der Waals surface area contributed by atoms with E-state index in [1.807, 2.05) is 29.2 Å². The molecule has 3 nitrogen and oxygen atoms in total. The zero-order chi connectivity index (χ0) is 16.4. The molecular formula is C18H18Cl2N2O. The Hall–Kier alpha value is -1.71. The monoisotopic (exact) mass is 348 g/mol. The lowest BCUT2D eigenvalue weighted by Crippen LogP contribution is -2.56. The number of carbonyl (C=O) groups excluding carboxylic acids is 1. The van der Waals surface area contributed by atoms with Gasteiger partial charge in [0.2, 0.25) is 0 Å². The van der Waals surface area contributed by atoms with Gasteiger partial charge in [-0.2, -0.15) is 0 Å². The van der Waals surface area contributed by atoms with Crippen molar-refractivity contribution in [1.82, 2.24) is 0 Å². The summed E-state index contributed by atoms with van der Waals surface area (Å²) in [7, 11) is 0. The molecular weight excluding hydrogens is 331 g/mol. The van der Waals surface area contributed by atoms with Crippen LogP contribution in [0.1, 0.15) is 26.2 Å². The highest BCUT2D eigenvalue weighted by Gasteiger charge is 2.41. The molecule has 0 aromatic heterocycles. The summed E-state index contributed by atoms with van der Waals surface area (Å²) in [6.07, 6.45) is 3.11. The highest BCUT2D eigenvalue weighted by atomic mass is 35.5. The third-order valence-corrected chi connectivity index (χ3v) is 4.86. The van der Waals surface area contributed by atoms with Crippen LogP contribution in [0.5, 0.6) is 0 Å². The van der Waals surface area contributed by atoms with E-state index in [0.29, 0.717) is 10.0 Å². The molecule has 1 aliphatic rings. The van der Waals surface area contributed by atoms with Gasteiger partial charge in [0, 0.05) is 27.0 Å². The molecule has 0 bridgehead atoms. The first-order chi connectivity index (χ1) is 11.0. The minimum Gasteiger partial charge on any atom is -0.308 e. The standard InChI is InChI=1S/C18H18Cl2N2O/c1-18(11-2-12-18)22(16-9-5-14(20)6-10-16)17(23)21-15-7-3-13(19)4-8-15/h3-10H,2,11-12H2,1H3,(H,21,23). The number of hydrogen-bond acceptors (Lipinski definition) is 1. The summed E-state index contributed by atoms with van der Waals surface area (Å²) < 4.78 is 0. The Morgan fingerprint density at radius 3 is 2.00 bits per heavy atom. The number of hydrogen-bond donors (Lipinski definition) is 1. The molecule has 1 fully saturated rings. The number of amides is 2. The third kappa shape index (κ3) is 3.46. The van der Waals surface area contributed by atoms with Gasteiger partial charge >= 0.3 is 6.03 Å². The minimum atomic E-state index is -0.162. The van der Waals surface area contributed by atoms with E-state index in [1.165, 1.54) is 0 Å². The molecule has 0 radical (unpaired) electrons. The van der Waals surface area contributed by atoms with E-state index in [-0.39, 0.29) is 11.6 Å². The first-order valence-electron chi connectivity index (χ1n) is 7.60. The van der Waals surface area contributed by atoms with E-state index in [9.17, 15) is 4.79 Å². The van der Waals surface area contributed by atoms with Crippen molar-refractivity contribution >= 4 is 40.6 Å². The number of benzene rings is 2. The zero-order valence-corrected chi connectivity index (χ0v) is 14.4. The van der Waals surface area contributed by atoms with Crippen LogP contribution in [0.15, 0.2) is 48.5 Å². The Kier molecular flexibility index (Phi) is 4.51. The van der Waals surface area contributed by atoms with E-state index >= 15 is 0 Å². The van der Waals surface area contributed by atoms with Crippen molar-refractivity contribution in [3.8, 4) is 0 Å². The molecule has 120 valence electrons. The number of anilines is 2. The normalized spacial score (nSPS) is 15.6. The van der Waals surface area contributed by atoms with Crippen molar-refractivity contribution < 1.29 is 4.79 Å². The first-order valence-corrected chi connectivity index (χ1v) is 8.36. The minimum absolute atomic E-state index is 0.142. The van der Waals surface area contributed by atoms with Gasteiger partial charge in [0.05, 0.1) is 0 Å². The van der Waals surface area contributed by atoms with Crippen LogP contribution in [-0.2, 0) is 0 Å². The number of rotatable bonds is 3. The van der Waals surface area contributed by atoms with Crippen LogP contribution in [0.4, 0.5) is 16.2 Å². The van der Waals surface area contributed by atoms with E-state index in [1.54, 1.807) is 24.3 Å². The van der Waals surface area contributed by atoms with E-state index in [2.05, 4.69) is 12.2 Å². The molecule has 2 aromatic rings. The summed E-state index contributed by atoms with van der Waals surface area (Å²) in [5.41, 5.74) is 1.41. The van der Waals surface area contributed by atoms with Gasteiger partial charge in [0.15, 0.2) is 0 Å². The second-order valence-corrected chi connectivity index (χ2v) is 6.97. The predicted octanol–water partition coefficient (Wildman–Crippen LogP) is 5.97. The van der Waals surface area contributed by atoms with Crippen molar-refractivity contribution in [2.75, 3.05) is 10.2 Å². The van der Waals surface area contributed by atoms with Gasteiger partial charge in [-0.25, -0.2) is 4.79 Å². The lowest BCUT2D eigenvalue weighted by Gasteiger charge is -2.47. The highest BCUT2D eigenvalue weighted by Crippen LogP contribution is 2.40. The van der Waals surface area contributed by atoms with Crippen molar-refractivity contribution in [2.45, 2.75) is 31.7 Å². The maximum atomic E-state index is 12.9. The highest BCUT2D eigenvalue weighted by molar-refractivity contribution is 6.31. The van der Waals surface area contributed by atoms with Crippen molar-refractivity contribution in [2.24, 2.45) is 0 Å². The van der Waals surface area contributed by atoms with Crippen LogP contribution in [0.3, 0.4) is 0 Å². The molecule has 2 aromatic carbocycles. The summed E-state index contributed by atoms with van der Waals surface area (Å²) in [5, 5.41) is 4.25. The number of nitrogens with one attached hydrogen (secondary N) is 1. The summed E-state index contributed by atoms with van der Waals surface area (Å²) in [6, 6.07) is 14.3. The van der Waals surface area contributed by atoms with Crippen LogP contribution >= 0.6 is 23.2 Å². The quantitative estimate of drug-likeness (QED) is 0.727. The molecule has 3 rings (SSSR count). The molecule has 5 heteroatoms. The van der Waals surface area contributed by atoms with Gasteiger partial charge in [-0.15, -0.1) is 0 Å². The number of halogens is 2. The Bertz CT molecular complexity index is 694. The summed E-state index contributed by atoms with van der Waals surface area (Å²) >= 11 is 11.9. The summed E-state index contributed by atoms with van der Waals surface area (Å²) in [5.74, 6) is 0. The van der Waals surface area contributed by atoms with Crippen LogP contribution in [0.25, 0.3) is 0 Å². The Balaban J connectivity index is 1.87.